The lowest BCUT2D eigenvalue weighted by atomic mass is 10.1. The summed E-state index contributed by atoms with van der Waals surface area (Å²) in [5, 5.41) is 5.46. The second kappa shape index (κ2) is 9.83. The van der Waals surface area contributed by atoms with Gasteiger partial charge >= 0.3 is 6.18 Å². The van der Waals surface area contributed by atoms with Gasteiger partial charge in [-0.25, -0.2) is 8.42 Å². The van der Waals surface area contributed by atoms with Crippen molar-refractivity contribution in [2.24, 2.45) is 0 Å². The van der Waals surface area contributed by atoms with Crippen molar-refractivity contribution in [3.63, 3.8) is 0 Å². The molecule has 0 atom stereocenters. The van der Waals surface area contributed by atoms with Gasteiger partial charge in [-0.15, -0.1) is 0 Å². The largest absolute Gasteiger partial charge is 0.416 e. The predicted octanol–water partition coefficient (Wildman–Crippen LogP) is 4.14. The first-order valence-electron chi connectivity index (χ1n) is 11.2. The summed E-state index contributed by atoms with van der Waals surface area (Å²) < 4.78 is 66.7. The third-order valence-electron chi connectivity index (χ3n) is 6.03. The number of nitrogens with zero attached hydrogens (tertiary/aromatic N) is 2. The third kappa shape index (κ3) is 5.47. The summed E-state index contributed by atoms with van der Waals surface area (Å²) >= 11 is 0. The van der Waals surface area contributed by atoms with Gasteiger partial charge < -0.3 is 15.5 Å². The van der Waals surface area contributed by atoms with Gasteiger partial charge in [0.05, 0.1) is 28.4 Å². The van der Waals surface area contributed by atoms with Crippen LogP contribution >= 0.6 is 0 Å². The van der Waals surface area contributed by atoms with Crippen molar-refractivity contribution < 1.29 is 26.4 Å². The van der Waals surface area contributed by atoms with Gasteiger partial charge in [0.1, 0.15) is 0 Å². The fraction of sp³-hybridized carbons (Fsp3) is 0.435. The number of hydrogen-bond donors (Lipinski definition) is 2. The summed E-state index contributed by atoms with van der Waals surface area (Å²) in [4.78, 5) is 14.6. The summed E-state index contributed by atoms with van der Waals surface area (Å²) in [6.07, 6.45) is -0.953. The minimum absolute atomic E-state index is 0.0920. The molecule has 0 bridgehead atoms. The number of carbonyl (C=O) groups excluding carboxylic acids is 1. The number of anilines is 3. The van der Waals surface area contributed by atoms with E-state index in [0.29, 0.717) is 24.5 Å². The van der Waals surface area contributed by atoms with E-state index in [2.05, 4.69) is 10.6 Å². The lowest BCUT2D eigenvalue weighted by Gasteiger charge is -2.23. The van der Waals surface area contributed by atoms with Crippen LogP contribution in [0.1, 0.15) is 31.2 Å². The maximum absolute atomic E-state index is 13.2. The highest BCUT2D eigenvalue weighted by Gasteiger charge is 2.32. The number of halogens is 3. The molecule has 0 radical (unpaired) electrons. The van der Waals surface area contributed by atoms with Gasteiger partial charge in [0.25, 0.3) is 0 Å². The normalized spacial score (nSPS) is 17.2. The molecule has 184 valence electrons. The van der Waals surface area contributed by atoms with E-state index in [1.807, 2.05) is 4.90 Å². The molecule has 2 heterocycles. The standard InChI is InChI=1S/C23H27F3N4O3S/c24-23(25,26)17-8-9-21(29-10-1-2-11-29)20(14-17)27-16-22(31)28-18-6-5-7-19(15-18)34(32,33)30-12-3-4-13-30/h5-9,14-15,27H,1-4,10-13,16H2,(H,28,31). The first-order chi connectivity index (χ1) is 16.1. The monoisotopic (exact) mass is 496 g/mol. The van der Waals surface area contributed by atoms with Gasteiger partial charge in [0.15, 0.2) is 0 Å². The van der Waals surface area contributed by atoms with Gasteiger partial charge in [-0.1, -0.05) is 6.07 Å². The van der Waals surface area contributed by atoms with Crippen LogP contribution in [0.3, 0.4) is 0 Å². The van der Waals surface area contributed by atoms with E-state index in [-0.39, 0.29) is 17.1 Å². The second-order valence-corrected chi connectivity index (χ2v) is 10.4. The zero-order valence-corrected chi connectivity index (χ0v) is 19.4. The number of rotatable bonds is 7. The Kier molecular flexibility index (Phi) is 7.04. The van der Waals surface area contributed by atoms with E-state index in [4.69, 9.17) is 0 Å². The van der Waals surface area contributed by atoms with E-state index in [0.717, 1.165) is 50.9 Å². The van der Waals surface area contributed by atoms with Crippen LogP contribution in [-0.2, 0) is 21.0 Å². The molecule has 2 fully saturated rings. The van der Waals surface area contributed by atoms with Crippen molar-refractivity contribution in [1.82, 2.24) is 4.31 Å². The van der Waals surface area contributed by atoms with Crippen LogP contribution in [-0.4, -0.2) is 51.4 Å². The quantitative estimate of drug-likeness (QED) is 0.602. The van der Waals surface area contributed by atoms with Crippen LogP contribution in [0.25, 0.3) is 0 Å². The number of nitrogens with one attached hydrogen (secondary N) is 2. The van der Waals surface area contributed by atoms with Gasteiger partial charge in [-0.3, -0.25) is 4.79 Å². The smallest absolute Gasteiger partial charge is 0.374 e. The summed E-state index contributed by atoms with van der Waals surface area (Å²) in [5.41, 5.74) is 0.364. The second-order valence-electron chi connectivity index (χ2n) is 8.46. The van der Waals surface area contributed by atoms with Crippen molar-refractivity contribution >= 4 is 33.0 Å². The van der Waals surface area contributed by atoms with Crippen molar-refractivity contribution in [3.8, 4) is 0 Å². The fourth-order valence-electron chi connectivity index (χ4n) is 4.28. The Morgan fingerprint density at radius 2 is 1.62 bits per heavy atom. The highest BCUT2D eigenvalue weighted by molar-refractivity contribution is 7.89. The summed E-state index contributed by atoms with van der Waals surface area (Å²) in [7, 11) is -3.63. The molecule has 0 spiro atoms. The van der Waals surface area contributed by atoms with Gasteiger partial charge in [-0.05, 0) is 62.1 Å². The molecule has 0 saturated carbocycles. The van der Waals surface area contributed by atoms with E-state index < -0.39 is 27.7 Å². The Bertz CT molecular complexity index is 1140. The number of benzene rings is 2. The molecule has 2 aliphatic heterocycles. The van der Waals surface area contributed by atoms with Crippen LogP contribution < -0.4 is 15.5 Å². The van der Waals surface area contributed by atoms with Gasteiger partial charge in [0.2, 0.25) is 15.9 Å². The molecule has 2 saturated heterocycles. The molecule has 0 aromatic heterocycles. The van der Waals surface area contributed by atoms with Crippen molar-refractivity contribution in [1.29, 1.82) is 0 Å². The predicted molar refractivity (Wildman–Crippen MR) is 124 cm³/mol. The first kappa shape index (κ1) is 24.3. The lowest BCUT2D eigenvalue weighted by molar-refractivity contribution is -0.137. The molecule has 4 rings (SSSR count). The molecule has 7 nitrogen and oxygen atoms in total. The zero-order valence-electron chi connectivity index (χ0n) is 18.6. The Labute approximate surface area is 197 Å². The maximum atomic E-state index is 13.2. The highest BCUT2D eigenvalue weighted by atomic mass is 32.2. The number of alkyl halides is 3. The topological polar surface area (TPSA) is 81.8 Å². The van der Waals surface area contributed by atoms with Crippen molar-refractivity contribution in [2.75, 3.05) is 48.3 Å². The molecule has 34 heavy (non-hydrogen) atoms. The van der Waals surface area contributed by atoms with Crippen LogP contribution in [0.2, 0.25) is 0 Å². The Morgan fingerprint density at radius 1 is 0.941 bits per heavy atom. The van der Waals surface area contributed by atoms with Crippen LogP contribution in [0.5, 0.6) is 0 Å². The number of sulfonamides is 1. The van der Waals surface area contributed by atoms with Gasteiger partial charge in [-0.2, -0.15) is 17.5 Å². The van der Waals surface area contributed by atoms with Crippen LogP contribution in [0.4, 0.5) is 30.2 Å². The molecule has 2 aromatic rings. The van der Waals surface area contributed by atoms with E-state index in [9.17, 15) is 26.4 Å². The molecule has 0 aliphatic carbocycles. The van der Waals surface area contributed by atoms with E-state index >= 15 is 0 Å². The molecule has 2 aliphatic rings. The van der Waals surface area contributed by atoms with E-state index in [1.54, 1.807) is 12.1 Å². The molecular formula is C23H27F3N4O3S. The molecule has 2 aromatic carbocycles. The molecule has 1 amide bonds. The van der Waals surface area contributed by atoms with Crippen LogP contribution in [0.15, 0.2) is 47.4 Å². The average molecular weight is 497 g/mol. The summed E-state index contributed by atoms with van der Waals surface area (Å²) in [6.45, 7) is 2.15. The minimum atomic E-state index is -4.50. The number of carbonyl (C=O) groups is 1. The van der Waals surface area contributed by atoms with Gasteiger partial charge in [0, 0.05) is 31.9 Å². The van der Waals surface area contributed by atoms with Crippen molar-refractivity contribution in [2.45, 2.75) is 36.8 Å². The molecule has 2 N–H and O–H groups in total. The maximum Gasteiger partial charge on any atom is 0.416 e. The fourth-order valence-corrected chi connectivity index (χ4v) is 5.84. The van der Waals surface area contributed by atoms with E-state index in [1.165, 1.54) is 22.5 Å². The SMILES string of the molecule is O=C(CNc1cc(C(F)(F)F)ccc1N1CCCC1)Nc1cccc(S(=O)(=O)N2CCCC2)c1. The molecule has 11 heteroatoms. The minimum Gasteiger partial charge on any atom is -0.374 e. The Balaban J connectivity index is 1.46. The average Bonchev–Trinajstić information content (AvgIpc) is 3.52. The van der Waals surface area contributed by atoms with Crippen molar-refractivity contribution in [3.05, 3.63) is 48.0 Å². The summed E-state index contributed by atoms with van der Waals surface area (Å²) in [5.74, 6) is -0.500. The summed E-state index contributed by atoms with van der Waals surface area (Å²) in [6, 6.07) is 9.49. The Hall–Kier alpha value is -2.79. The highest BCUT2D eigenvalue weighted by Crippen LogP contribution is 2.36. The van der Waals surface area contributed by atoms with Crippen LogP contribution in [0, 0.1) is 0 Å². The molecular weight excluding hydrogens is 469 g/mol. The number of amides is 1. The third-order valence-corrected chi connectivity index (χ3v) is 7.93. The zero-order chi connectivity index (χ0) is 24.3. The first-order valence-corrected chi connectivity index (χ1v) is 12.7. The lowest BCUT2D eigenvalue weighted by Crippen LogP contribution is -2.28. The number of hydrogen-bond acceptors (Lipinski definition) is 5. The Morgan fingerprint density at radius 3 is 2.29 bits per heavy atom. The molecule has 0 unspecified atom stereocenters.